The van der Waals surface area contributed by atoms with Gasteiger partial charge in [-0.1, -0.05) is 42.7 Å². The molecule has 22 heavy (non-hydrogen) atoms. The summed E-state index contributed by atoms with van der Waals surface area (Å²) in [4.78, 5) is 14.7. The summed E-state index contributed by atoms with van der Waals surface area (Å²) in [6.45, 7) is 3.78. The molecule has 122 valence electrons. The molecule has 1 fully saturated rings. The maximum atomic E-state index is 12.6. The zero-order valence-electron chi connectivity index (χ0n) is 13.9. The standard InChI is InChI=1S/C19H30N2O/c1-16-10-12-17(13-11-16)18-8-5-7-15-21(18)19(22)9-4-2-3-6-14-20/h10-13,18H,2-9,14-15,20H2,1H3. The third kappa shape index (κ3) is 4.84. The summed E-state index contributed by atoms with van der Waals surface area (Å²) in [5.74, 6) is 0.332. The molecule has 1 aromatic rings. The van der Waals surface area contributed by atoms with E-state index in [4.69, 9.17) is 5.73 Å². The van der Waals surface area contributed by atoms with Gasteiger partial charge in [-0.05, 0) is 51.1 Å². The average Bonchev–Trinajstić information content (AvgIpc) is 2.55. The number of unbranched alkanes of at least 4 members (excludes halogenated alkanes) is 3. The minimum absolute atomic E-state index is 0.283. The van der Waals surface area contributed by atoms with Crippen LogP contribution in [0, 0.1) is 6.92 Å². The smallest absolute Gasteiger partial charge is 0.223 e. The SMILES string of the molecule is Cc1ccc(C2CCCCN2C(=O)CCCCCCN)cc1. The fourth-order valence-electron chi connectivity index (χ4n) is 3.28. The first-order valence-electron chi connectivity index (χ1n) is 8.78. The number of carbonyl (C=O) groups is 1. The molecule has 0 saturated carbocycles. The van der Waals surface area contributed by atoms with Crippen LogP contribution in [0.1, 0.15) is 68.5 Å². The monoisotopic (exact) mass is 302 g/mol. The predicted octanol–water partition coefficient (Wildman–Crippen LogP) is 3.96. The number of nitrogens with zero attached hydrogens (tertiary/aromatic N) is 1. The molecular weight excluding hydrogens is 272 g/mol. The number of benzene rings is 1. The van der Waals surface area contributed by atoms with Gasteiger partial charge in [0.05, 0.1) is 6.04 Å². The molecule has 3 heteroatoms. The summed E-state index contributed by atoms with van der Waals surface area (Å²) in [6, 6.07) is 8.96. The van der Waals surface area contributed by atoms with Gasteiger partial charge in [-0.2, -0.15) is 0 Å². The molecule has 3 nitrogen and oxygen atoms in total. The van der Waals surface area contributed by atoms with Gasteiger partial charge in [0.1, 0.15) is 0 Å². The molecule has 1 aliphatic heterocycles. The van der Waals surface area contributed by atoms with Crippen molar-refractivity contribution >= 4 is 5.91 Å². The molecule has 2 N–H and O–H groups in total. The highest BCUT2D eigenvalue weighted by molar-refractivity contribution is 5.76. The van der Waals surface area contributed by atoms with Gasteiger partial charge in [0, 0.05) is 13.0 Å². The Hall–Kier alpha value is -1.35. The summed E-state index contributed by atoms with van der Waals surface area (Å²) in [5, 5.41) is 0. The third-order valence-corrected chi connectivity index (χ3v) is 4.63. The minimum atomic E-state index is 0.283. The van der Waals surface area contributed by atoms with Gasteiger partial charge in [-0.25, -0.2) is 0 Å². The van der Waals surface area contributed by atoms with E-state index in [0.29, 0.717) is 12.3 Å². The molecule has 1 heterocycles. The number of nitrogens with two attached hydrogens (primary N) is 1. The maximum Gasteiger partial charge on any atom is 0.223 e. The third-order valence-electron chi connectivity index (χ3n) is 4.63. The molecule has 0 spiro atoms. The van der Waals surface area contributed by atoms with E-state index in [-0.39, 0.29) is 6.04 Å². The second-order valence-electron chi connectivity index (χ2n) is 6.46. The number of hydrogen-bond donors (Lipinski definition) is 1. The highest BCUT2D eigenvalue weighted by atomic mass is 16.2. The van der Waals surface area contributed by atoms with E-state index in [0.717, 1.165) is 51.6 Å². The van der Waals surface area contributed by atoms with E-state index in [1.54, 1.807) is 0 Å². The van der Waals surface area contributed by atoms with E-state index in [2.05, 4.69) is 36.1 Å². The molecule has 0 aromatic heterocycles. The Kier molecular flexibility index (Phi) is 6.91. The number of aryl methyl sites for hydroxylation is 1. The summed E-state index contributed by atoms with van der Waals surface area (Å²) >= 11 is 0. The molecule has 1 atom stereocenters. The van der Waals surface area contributed by atoms with Crippen molar-refractivity contribution in [3.8, 4) is 0 Å². The molecule has 0 radical (unpaired) electrons. The first kappa shape index (κ1) is 17.0. The number of rotatable bonds is 7. The average molecular weight is 302 g/mol. The van der Waals surface area contributed by atoms with Crippen LogP contribution in [0.15, 0.2) is 24.3 Å². The Morgan fingerprint density at radius 1 is 1.14 bits per heavy atom. The second kappa shape index (κ2) is 8.94. The van der Waals surface area contributed by atoms with Crippen LogP contribution in [-0.4, -0.2) is 23.9 Å². The fraction of sp³-hybridized carbons (Fsp3) is 0.632. The van der Waals surface area contributed by atoms with Crippen LogP contribution in [0.5, 0.6) is 0 Å². The number of carbonyl (C=O) groups excluding carboxylic acids is 1. The van der Waals surface area contributed by atoms with Gasteiger partial charge in [-0.3, -0.25) is 4.79 Å². The minimum Gasteiger partial charge on any atom is -0.336 e. The van der Waals surface area contributed by atoms with Crippen LogP contribution in [0.3, 0.4) is 0 Å². The number of amides is 1. The Bertz CT molecular complexity index is 455. The normalized spacial score (nSPS) is 18.5. The van der Waals surface area contributed by atoms with Crippen LogP contribution in [0.25, 0.3) is 0 Å². The second-order valence-corrected chi connectivity index (χ2v) is 6.46. The van der Waals surface area contributed by atoms with Crippen LogP contribution in [0.2, 0.25) is 0 Å². The van der Waals surface area contributed by atoms with E-state index in [9.17, 15) is 4.79 Å². The van der Waals surface area contributed by atoms with E-state index in [1.807, 2.05) is 0 Å². The van der Waals surface area contributed by atoms with E-state index in [1.165, 1.54) is 17.5 Å². The summed E-state index contributed by atoms with van der Waals surface area (Å²) in [5.41, 5.74) is 8.07. The molecule has 1 unspecified atom stereocenters. The lowest BCUT2D eigenvalue weighted by Gasteiger charge is -2.36. The number of hydrogen-bond acceptors (Lipinski definition) is 2. The highest BCUT2D eigenvalue weighted by Crippen LogP contribution is 2.31. The molecule has 0 bridgehead atoms. The summed E-state index contributed by atoms with van der Waals surface area (Å²) < 4.78 is 0. The first-order valence-corrected chi connectivity index (χ1v) is 8.78. The lowest BCUT2D eigenvalue weighted by Crippen LogP contribution is -2.38. The summed E-state index contributed by atoms with van der Waals surface area (Å²) in [6.07, 6.45) is 8.48. The van der Waals surface area contributed by atoms with Crippen molar-refractivity contribution in [2.24, 2.45) is 5.73 Å². The topological polar surface area (TPSA) is 46.3 Å². The van der Waals surface area contributed by atoms with Crippen LogP contribution >= 0.6 is 0 Å². The van der Waals surface area contributed by atoms with Crippen LogP contribution in [-0.2, 0) is 4.79 Å². The fourth-order valence-corrected chi connectivity index (χ4v) is 3.28. The van der Waals surface area contributed by atoms with Gasteiger partial charge in [0.2, 0.25) is 5.91 Å². The zero-order chi connectivity index (χ0) is 15.8. The Labute approximate surface area is 134 Å². The van der Waals surface area contributed by atoms with Crippen molar-refractivity contribution in [3.05, 3.63) is 35.4 Å². The Morgan fingerprint density at radius 2 is 1.86 bits per heavy atom. The summed E-state index contributed by atoms with van der Waals surface area (Å²) in [7, 11) is 0. The van der Waals surface area contributed by atoms with Crippen molar-refractivity contribution in [1.29, 1.82) is 0 Å². The van der Waals surface area contributed by atoms with Crippen molar-refractivity contribution in [2.45, 2.75) is 64.3 Å². The Morgan fingerprint density at radius 3 is 2.59 bits per heavy atom. The quantitative estimate of drug-likeness (QED) is 0.775. The molecule has 1 aliphatic rings. The molecule has 0 aliphatic carbocycles. The highest BCUT2D eigenvalue weighted by Gasteiger charge is 2.27. The molecular formula is C19H30N2O. The number of piperidine rings is 1. The molecule has 1 saturated heterocycles. The molecule has 2 rings (SSSR count). The largest absolute Gasteiger partial charge is 0.336 e. The van der Waals surface area contributed by atoms with Gasteiger partial charge >= 0.3 is 0 Å². The van der Waals surface area contributed by atoms with Crippen molar-refractivity contribution in [1.82, 2.24) is 4.90 Å². The lowest BCUT2D eigenvalue weighted by atomic mass is 9.94. The van der Waals surface area contributed by atoms with Crippen LogP contribution < -0.4 is 5.73 Å². The van der Waals surface area contributed by atoms with Crippen LogP contribution in [0.4, 0.5) is 0 Å². The molecule has 1 aromatic carbocycles. The van der Waals surface area contributed by atoms with Crippen molar-refractivity contribution in [3.63, 3.8) is 0 Å². The zero-order valence-corrected chi connectivity index (χ0v) is 13.9. The Balaban J connectivity index is 1.91. The lowest BCUT2D eigenvalue weighted by molar-refractivity contribution is -0.135. The van der Waals surface area contributed by atoms with Crippen molar-refractivity contribution < 1.29 is 4.79 Å². The number of likely N-dealkylation sites (tertiary alicyclic amines) is 1. The molecule has 1 amide bonds. The van der Waals surface area contributed by atoms with Gasteiger partial charge in [0.15, 0.2) is 0 Å². The van der Waals surface area contributed by atoms with E-state index < -0.39 is 0 Å². The van der Waals surface area contributed by atoms with E-state index >= 15 is 0 Å². The maximum absolute atomic E-state index is 12.6. The van der Waals surface area contributed by atoms with Crippen molar-refractivity contribution in [2.75, 3.05) is 13.1 Å². The first-order chi connectivity index (χ1) is 10.7. The van der Waals surface area contributed by atoms with Gasteiger partial charge < -0.3 is 10.6 Å². The van der Waals surface area contributed by atoms with Gasteiger partial charge in [-0.15, -0.1) is 0 Å². The van der Waals surface area contributed by atoms with Gasteiger partial charge in [0.25, 0.3) is 0 Å². The predicted molar refractivity (Wildman–Crippen MR) is 91.6 cm³/mol.